The van der Waals surface area contributed by atoms with Crippen LogP contribution in [0.1, 0.15) is 47.5 Å². The van der Waals surface area contributed by atoms with E-state index >= 15 is 0 Å². The molecule has 3 atom stereocenters. The van der Waals surface area contributed by atoms with Gasteiger partial charge in [0.1, 0.15) is 0 Å². The number of rotatable bonds is 2. The van der Waals surface area contributed by atoms with E-state index in [2.05, 4.69) is 57.1 Å². The van der Waals surface area contributed by atoms with Gasteiger partial charge in [-0.05, 0) is 36.0 Å². The van der Waals surface area contributed by atoms with E-state index in [4.69, 9.17) is 0 Å². The lowest BCUT2D eigenvalue weighted by Gasteiger charge is -2.51. The Hall–Kier alpha value is 0.220. The minimum Gasteiger partial charge on any atom is -0.0995 e. The van der Waals surface area contributed by atoms with Gasteiger partial charge >= 0.3 is 0 Å². The molecule has 1 aliphatic rings. The van der Waals surface area contributed by atoms with E-state index in [9.17, 15) is 0 Å². The minimum absolute atomic E-state index is 0.365. The average molecular weight is 273 g/mol. The Balaban J connectivity index is 3.09. The molecule has 0 heterocycles. The first kappa shape index (κ1) is 13.3. The molecule has 0 N–H and O–H groups in total. The van der Waals surface area contributed by atoms with Crippen molar-refractivity contribution in [1.82, 2.24) is 0 Å². The molecule has 0 saturated heterocycles. The van der Waals surface area contributed by atoms with Crippen LogP contribution in [0.4, 0.5) is 0 Å². The van der Waals surface area contributed by atoms with Gasteiger partial charge in [-0.25, -0.2) is 0 Å². The summed E-state index contributed by atoms with van der Waals surface area (Å²) in [5.41, 5.74) is 1.83. The topological polar surface area (TPSA) is 0 Å². The van der Waals surface area contributed by atoms with Crippen LogP contribution in [-0.4, -0.2) is 4.83 Å². The third-order valence-corrected chi connectivity index (χ3v) is 5.86. The third kappa shape index (κ3) is 2.18. The Morgan fingerprint density at radius 1 is 1.33 bits per heavy atom. The number of allylic oxidation sites excluding steroid dienone is 1. The van der Waals surface area contributed by atoms with Gasteiger partial charge in [0.2, 0.25) is 0 Å². The lowest BCUT2D eigenvalue weighted by Crippen LogP contribution is -2.46. The van der Waals surface area contributed by atoms with Crippen molar-refractivity contribution >= 4 is 15.9 Å². The molecular formula is C14H25Br. The summed E-state index contributed by atoms with van der Waals surface area (Å²) < 4.78 is 0. The van der Waals surface area contributed by atoms with Crippen LogP contribution in [0.3, 0.4) is 0 Å². The first-order chi connectivity index (χ1) is 6.81. The molecule has 0 bridgehead atoms. The predicted octanol–water partition coefficient (Wildman–Crippen LogP) is 5.03. The summed E-state index contributed by atoms with van der Waals surface area (Å²) >= 11 is 3.91. The van der Waals surface area contributed by atoms with E-state index in [1.165, 1.54) is 18.4 Å². The van der Waals surface area contributed by atoms with Crippen LogP contribution in [0.25, 0.3) is 0 Å². The molecule has 1 aliphatic carbocycles. The van der Waals surface area contributed by atoms with E-state index < -0.39 is 0 Å². The fourth-order valence-electron chi connectivity index (χ4n) is 3.32. The second-order valence-electron chi connectivity index (χ2n) is 5.91. The zero-order chi connectivity index (χ0) is 11.8. The molecular weight excluding hydrogens is 248 g/mol. The smallest absolute Gasteiger partial charge is 0.0210 e. The molecule has 0 nitrogen and oxygen atoms in total. The van der Waals surface area contributed by atoms with Crippen LogP contribution in [0.2, 0.25) is 0 Å². The molecule has 1 saturated carbocycles. The summed E-state index contributed by atoms with van der Waals surface area (Å²) in [5.74, 6) is 2.06. The maximum Gasteiger partial charge on any atom is 0.0210 e. The molecule has 0 aromatic carbocycles. The van der Waals surface area contributed by atoms with Crippen LogP contribution < -0.4 is 0 Å². The van der Waals surface area contributed by atoms with Crippen molar-refractivity contribution in [2.24, 2.45) is 23.2 Å². The highest BCUT2D eigenvalue weighted by molar-refractivity contribution is 9.09. The van der Waals surface area contributed by atoms with E-state index in [0.29, 0.717) is 28.0 Å². The van der Waals surface area contributed by atoms with Crippen LogP contribution in [0.15, 0.2) is 12.2 Å². The van der Waals surface area contributed by atoms with Gasteiger partial charge in [-0.3, -0.25) is 0 Å². The molecule has 0 spiro atoms. The van der Waals surface area contributed by atoms with Gasteiger partial charge in [0.05, 0.1) is 0 Å². The number of halogens is 1. The summed E-state index contributed by atoms with van der Waals surface area (Å²) in [4.78, 5) is 0.642. The van der Waals surface area contributed by atoms with Gasteiger partial charge < -0.3 is 0 Å². The summed E-state index contributed by atoms with van der Waals surface area (Å²) in [5, 5.41) is 0. The molecule has 1 rings (SSSR count). The minimum atomic E-state index is 0.365. The van der Waals surface area contributed by atoms with Gasteiger partial charge in [-0.1, -0.05) is 62.7 Å². The van der Waals surface area contributed by atoms with Gasteiger partial charge in [0, 0.05) is 4.83 Å². The van der Waals surface area contributed by atoms with Gasteiger partial charge in [0.15, 0.2) is 0 Å². The predicted molar refractivity (Wildman–Crippen MR) is 72.4 cm³/mol. The highest BCUT2D eigenvalue weighted by atomic mass is 79.9. The van der Waals surface area contributed by atoms with Crippen molar-refractivity contribution in [1.29, 1.82) is 0 Å². The summed E-state index contributed by atoms with van der Waals surface area (Å²) in [6.45, 7) is 16.1. The number of hydrogen-bond donors (Lipinski definition) is 0. The molecule has 0 aromatic rings. The van der Waals surface area contributed by atoms with E-state index in [1.54, 1.807) is 0 Å². The quantitative estimate of drug-likeness (QED) is 0.488. The monoisotopic (exact) mass is 272 g/mol. The van der Waals surface area contributed by atoms with E-state index in [0.717, 1.165) is 0 Å². The first-order valence-electron chi connectivity index (χ1n) is 6.13. The molecule has 0 aromatic heterocycles. The lowest BCUT2D eigenvalue weighted by molar-refractivity contribution is 0.0780. The van der Waals surface area contributed by atoms with E-state index in [1.807, 2.05) is 0 Å². The Bertz CT molecular complexity index is 242. The lowest BCUT2D eigenvalue weighted by atomic mass is 9.57. The van der Waals surface area contributed by atoms with Gasteiger partial charge in [-0.15, -0.1) is 0 Å². The Labute approximate surface area is 104 Å². The zero-order valence-corrected chi connectivity index (χ0v) is 12.4. The molecule has 0 radical (unpaired) electrons. The van der Waals surface area contributed by atoms with Crippen LogP contribution >= 0.6 is 15.9 Å². The zero-order valence-electron chi connectivity index (χ0n) is 10.8. The van der Waals surface area contributed by atoms with Crippen molar-refractivity contribution in [2.45, 2.75) is 52.3 Å². The second kappa shape index (κ2) is 4.61. The fraction of sp³-hybridized carbons (Fsp3) is 0.857. The Morgan fingerprint density at radius 2 is 1.87 bits per heavy atom. The standard InChI is InChI=1S/C14H25Br/c1-9(2)13-11(5)7-8-12(15)14(13,6)10(3)4/h9-10,12-13H,5,7-8H2,1-4,6H3/t12-,13?,14+/m0/s1. The largest absolute Gasteiger partial charge is 0.0995 e. The normalized spacial score (nSPS) is 37.7. The first-order valence-corrected chi connectivity index (χ1v) is 7.05. The van der Waals surface area contributed by atoms with Gasteiger partial charge in [-0.2, -0.15) is 0 Å². The maximum absolute atomic E-state index is 4.31. The van der Waals surface area contributed by atoms with Gasteiger partial charge in [0.25, 0.3) is 0 Å². The summed E-state index contributed by atoms with van der Waals surface area (Å²) in [7, 11) is 0. The maximum atomic E-state index is 4.31. The third-order valence-electron chi connectivity index (χ3n) is 4.41. The second-order valence-corrected chi connectivity index (χ2v) is 7.01. The molecule has 15 heavy (non-hydrogen) atoms. The Kier molecular flexibility index (Phi) is 4.08. The van der Waals surface area contributed by atoms with Crippen molar-refractivity contribution in [3.05, 3.63) is 12.2 Å². The molecule has 0 aliphatic heterocycles. The molecule has 1 heteroatoms. The fourth-order valence-corrected chi connectivity index (χ4v) is 4.37. The molecule has 0 amide bonds. The van der Waals surface area contributed by atoms with Crippen LogP contribution in [0, 0.1) is 23.2 Å². The number of alkyl halides is 1. The highest BCUT2D eigenvalue weighted by Crippen LogP contribution is 2.53. The molecule has 88 valence electrons. The molecule has 1 unspecified atom stereocenters. The molecule has 1 fully saturated rings. The average Bonchev–Trinajstić information content (AvgIpc) is 2.11. The number of hydrogen-bond acceptors (Lipinski definition) is 0. The summed E-state index contributed by atoms with van der Waals surface area (Å²) in [6, 6.07) is 0. The van der Waals surface area contributed by atoms with Crippen molar-refractivity contribution in [3.63, 3.8) is 0 Å². The highest BCUT2D eigenvalue weighted by Gasteiger charge is 2.47. The van der Waals surface area contributed by atoms with Crippen molar-refractivity contribution < 1.29 is 0 Å². The van der Waals surface area contributed by atoms with Crippen molar-refractivity contribution in [2.75, 3.05) is 0 Å². The van der Waals surface area contributed by atoms with Crippen LogP contribution in [0.5, 0.6) is 0 Å². The Morgan fingerprint density at radius 3 is 2.20 bits per heavy atom. The summed E-state index contributed by atoms with van der Waals surface area (Å²) in [6.07, 6.45) is 2.44. The van der Waals surface area contributed by atoms with Crippen molar-refractivity contribution in [3.8, 4) is 0 Å². The van der Waals surface area contributed by atoms with Crippen LogP contribution in [-0.2, 0) is 0 Å². The van der Waals surface area contributed by atoms with E-state index in [-0.39, 0.29) is 0 Å². The SMILES string of the molecule is C=C1CC[C@H](Br)[C@@](C)(C(C)C)C1C(C)C.